The molecule has 1 saturated carbocycles. The molecular formula is C18H30N4O. The van der Waals surface area contributed by atoms with Crippen LogP contribution < -0.4 is 5.73 Å². The van der Waals surface area contributed by atoms with Gasteiger partial charge in [0.1, 0.15) is 5.70 Å². The van der Waals surface area contributed by atoms with Crippen molar-refractivity contribution in [3.05, 3.63) is 23.4 Å². The summed E-state index contributed by atoms with van der Waals surface area (Å²) < 4.78 is 0. The minimum atomic E-state index is -0.0172. The van der Waals surface area contributed by atoms with Gasteiger partial charge in [-0.3, -0.25) is 9.79 Å². The van der Waals surface area contributed by atoms with E-state index in [2.05, 4.69) is 30.6 Å². The summed E-state index contributed by atoms with van der Waals surface area (Å²) in [7, 11) is 4.14. The van der Waals surface area contributed by atoms with Gasteiger partial charge >= 0.3 is 0 Å². The van der Waals surface area contributed by atoms with Crippen LogP contribution in [0.4, 0.5) is 0 Å². The first kappa shape index (κ1) is 17.7. The van der Waals surface area contributed by atoms with Crippen molar-refractivity contribution >= 4 is 11.6 Å². The monoisotopic (exact) mass is 318 g/mol. The first-order chi connectivity index (χ1) is 10.9. The number of hydrogen-bond donors (Lipinski definition) is 1. The number of piperidine rings is 1. The van der Waals surface area contributed by atoms with Gasteiger partial charge in [0.05, 0.1) is 6.54 Å². The molecule has 2 rings (SSSR count). The lowest BCUT2D eigenvalue weighted by atomic mass is 10.0. The van der Waals surface area contributed by atoms with Crippen LogP contribution in [-0.2, 0) is 4.79 Å². The standard InChI is InChI=1S/C18H30N4O/c1-13(2)11-20-16-9-5-8-15(16)17(19)18(23)22-10-6-7-14(12-22)21(3)4/h14H,1,5-12,19H2,2-4H3/b17-15-,20-16?. The van der Waals surface area contributed by atoms with E-state index in [1.807, 2.05) is 11.8 Å². The van der Waals surface area contributed by atoms with Crippen molar-refractivity contribution in [2.45, 2.75) is 45.1 Å². The molecule has 5 nitrogen and oxygen atoms in total. The van der Waals surface area contributed by atoms with Crippen molar-refractivity contribution < 1.29 is 4.79 Å². The normalized spacial score (nSPS) is 26.0. The lowest BCUT2D eigenvalue weighted by Crippen LogP contribution is -2.48. The smallest absolute Gasteiger partial charge is 0.270 e. The number of allylic oxidation sites excluding steroid dienone is 1. The first-order valence-electron chi connectivity index (χ1n) is 8.52. The second-order valence-corrected chi connectivity index (χ2v) is 6.98. The maximum absolute atomic E-state index is 12.8. The summed E-state index contributed by atoms with van der Waals surface area (Å²) in [5, 5.41) is 0. The Hall–Kier alpha value is -1.62. The minimum Gasteiger partial charge on any atom is -0.394 e. The number of likely N-dealkylation sites (N-methyl/N-ethyl adjacent to an activating group) is 1. The molecule has 0 bridgehead atoms. The molecular weight excluding hydrogens is 288 g/mol. The Kier molecular flexibility index (Phi) is 5.99. The van der Waals surface area contributed by atoms with Crippen LogP contribution in [0.25, 0.3) is 0 Å². The van der Waals surface area contributed by atoms with Crippen molar-refractivity contribution in [3.63, 3.8) is 0 Å². The van der Waals surface area contributed by atoms with Gasteiger partial charge < -0.3 is 15.5 Å². The first-order valence-corrected chi connectivity index (χ1v) is 8.52. The summed E-state index contributed by atoms with van der Waals surface area (Å²) in [5.74, 6) is -0.0172. The number of amides is 1. The molecule has 23 heavy (non-hydrogen) atoms. The van der Waals surface area contributed by atoms with Gasteiger partial charge in [-0.15, -0.1) is 0 Å². The molecule has 1 amide bonds. The SMILES string of the molecule is C=C(C)CN=C1CCC/C1=C(/N)C(=O)N1CCCC(N(C)C)C1. The van der Waals surface area contributed by atoms with Gasteiger partial charge in [0.2, 0.25) is 0 Å². The largest absolute Gasteiger partial charge is 0.394 e. The molecule has 5 heteroatoms. The van der Waals surface area contributed by atoms with Crippen molar-refractivity contribution in [1.82, 2.24) is 9.80 Å². The van der Waals surface area contributed by atoms with Crippen LogP contribution in [0.2, 0.25) is 0 Å². The van der Waals surface area contributed by atoms with E-state index in [0.717, 1.165) is 62.1 Å². The lowest BCUT2D eigenvalue weighted by molar-refractivity contribution is -0.129. The third kappa shape index (κ3) is 4.44. The van der Waals surface area contributed by atoms with Crippen LogP contribution in [0.1, 0.15) is 39.0 Å². The molecule has 1 heterocycles. The summed E-state index contributed by atoms with van der Waals surface area (Å²) >= 11 is 0. The van der Waals surface area contributed by atoms with E-state index in [4.69, 9.17) is 5.73 Å². The highest BCUT2D eigenvalue weighted by atomic mass is 16.2. The Morgan fingerprint density at radius 3 is 2.78 bits per heavy atom. The van der Waals surface area contributed by atoms with E-state index in [1.165, 1.54) is 0 Å². The highest BCUT2D eigenvalue weighted by molar-refractivity contribution is 6.09. The van der Waals surface area contributed by atoms with Gasteiger partial charge in [-0.25, -0.2) is 0 Å². The average molecular weight is 318 g/mol. The second-order valence-electron chi connectivity index (χ2n) is 6.98. The van der Waals surface area contributed by atoms with Gasteiger partial charge in [-0.05, 0) is 53.1 Å². The van der Waals surface area contributed by atoms with E-state index >= 15 is 0 Å². The summed E-state index contributed by atoms with van der Waals surface area (Å²) in [4.78, 5) is 21.5. The van der Waals surface area contributed by atoms with Crippen LogP contribution in [-0.4, -0.2) is 61.2 Å². The number of nitrogens with two attached hydrogens (primary N) is 1. The topological polar surface area (TPSA) is 61.9 Å². The van der Waals surface area contributed by atoms with E-state index in [0.29, 0.717) is 18.3 Å². The molecule has 2 fully saturated rings. The van der Waals surface area contributed by atoms with Gasteiger partial charge in [-0.1, -0.05) is 12.2 Å². The zero-order valence-corrected chi connectivity index (χ0v) is 14.8. The predicted molar refractivity (Wildman–Crippen MR) is 95.5 cm³/mol. The number of rotatable bonds is 4. The number of carbonyl (C=O) groups is 1. The number of aliphatic imine (C=N–C) groups is 1. The van der Waals surface area contributed by atoms with Crippen molar-refractivity contribution in [2.24, 2.45) is 10.7 Å². The van der Waals surface area contributed by atoms with E-state index in [1.54, 1.807) is 0 Å². The third-order valence-electron chi connectivity index (χ3n) is 4.70. The van der Waals surface area contributed by atoms with E-state index in [9.17, 15) is 4.79 Å². The fourth-order valence-electron chi connectivity index (χ4n) is 3.28. The Labute approximate surface area is 139 Å². The van der Waals surface area contributed by atoms with Crippen molar-refractivity contribution in [3.8, 4) is 0 Å². The van der Waals surface area contributed by atoms with Gasteiger partial charge in [0, 0.05) is 30.4 Å². The quantitative estimate of drug-likeness (QED) is 0.636. The second kappa shape index (κ2) is 7.77. The van der Waals surface area contributed by atoms with Crippen LogP contribution >= 0.6 is 0 Å². The van der Waals surface area contributed by atoms with Gasteiger partial charge in [0.25, 0.3) is 5.91 Å². The molecule has 1 atom stereocenters. The Balaban J connectivity index is 2.13. The predicted octanol–water partition coefficient (Wildman–Crippen LogP) is 1.95. The number of nitrogens with zero attached hydrogens (tertiary/aromatic N) is 3. The molecule has 1 unspecified atom stereocenters. The van der Waals surface area contributed by atoms with Crippen molar-refractivity contribution in [2.75, 3.05) is 33.7 Å². The molecule has 2 aliphatic rings. The molecule has 0 spiro atoms. The molecule has 1 saturated heterocycles. The fraction of sp³-hybridized carbons (Fsp3) is 0.667. The number of carbonyl (C=O) groups excluding carboxylic acids is 1. The van der Waals surface area contributed by atoms with Gasteiger partial charge in [0.15, 0.2) is 0 Å². The van der Waals surface area contributed by atoms with Crippen LogP contribution in [0.3, 0.4) is 0 Å². The van der Waals surface area contributed by atoms with E-state index < -0.39 is 0 Å². The Morgan fingerprint density at radius 1 is 1.39 bits per heavy atom. The maximum Gasteiger partial charge on any atom is 0.270 e. The number of hydrogen-bond acceptors (Lipinski definition) is 4. The highest BCUT2D eigenvalue weighted by Crippen LogP contribution is 2.25. The third-order valence-corrected chi connectivity index (χ3v) is 4.70. The Bertz CT molecular complexity index is 533. The molecule has 1 aliphatic heterocycles. The van der Waals surface area contributed by atoms with E-state index in [-0.39, 0.29) is 5.91 Å². The lowest BCUT2D eigenvalue weighted by Gasteiger charge is -2.36. The molecule has 0 aromatic heterocycles. The molecule has 128 valence electrons. The zero-order chi connectivity index (χ0) is 17.0. The molecule has 0 aromatic rings. The van der Waals surface area contributed by atoms with Crippen LogP contribution in [0.15, 0.2) is 28.4 Å². The van der Waals surface area contributed by atoms with Crippen molar-refractivity contribution in [1.29, 1.82) is 0 Å². The Morgan fingerprint density at radius 2 is 2.13 bits per heavy atom. The molecule has 1 aliphatic carbocycles. The van der Waals surface area contributed by atoms with Crippen LogP contribution in [0.5, 0.6) is 0 Å². The maximum atomic E-state index is 12.8. The average Bonchev–Trinajstić information content (AvgIpc) is 3.00. The summed E-state index contributed by atoms with van der Waals surface area (Å²) in [6.45, 7) is 8.03. The zero-order valence-electron chi connectivity index (χ0n) is 14.8. The highest BCUT2D eigenvalue weighted by Gasteiger charge is 2.29. The molecule has 0 aromatic carbocycles. The molecule has 0 radical (unpaired) electrons. The fourth-order valence-corrected chi connectivity index (χ4v) is 3.28. The number of likely N-dealkylation sites (tertiary alicyclic amines) is 1. The summed E-state index contributed by atoms with van der Waals surface area (Å²) in [6, 6.07) is 0.422. The summed E-state index contributed by atoms with van der Waals surface area (Å²) in [5.41, 5.74) is 9.64. The summed E-state index contributed by atoms with van der Waals surface area (Å²) in [6.07, 6.45) is 4.97. The van der Waals surface area contributed by atoms with Gasteiger partial charge in [-0.2, -0.15) is 0 Å². The van der Waals surface area contributed by atoms with Crippen LogP contribution in [0, 0.1) is 0 Å². The molecule has 2 N–H and O–H groups in total. The minimum absolute atomic E-state index is 0.0172.